The second kappa shape index (κ2) is 8.09. The molecule has 1 amide bonds. The number of rotatable bonds is 7. The Labute approximate surface area is 153 Å². The lowest BCUT2D eigenvalue weighted by atomic mass is 10.2. The molecule has 0 aromatic heterocycles. The highest BCUT2D eigenvalue weighted by molar-refractivity contribution is 7.92. The average molecular weight is 378 g/mol. The molecule has 0 aliphatic rings. The second-order valence-corrected chi connectivity index (χ2v) is 7.21. The van der Waals surface area contributed by atoms with Crippen LogP contribution in [-0.2, 0) is 14.8 Å². The summed E-state index contributed by atoms with van der Waals surface area (Å²) >= 11 is 0. The number of methoxy groups -OCH3 is 2. The molecule has 2 aromatic carbocycles. The zero-order chi connectivity index (χ0) is 19.3. The molecule has 26 heavy (non-hydrogen) atoms. The van der Waals surface area contributed by atoms with Gasteiger partial charge in [0.15, 0.2) is 11.5 Å². The van der Waals surface area contributed by atoms with Gasteiger partial charge in [0.1, 0.15) is 0 Å². The molecule has 0 atom stereocenters. The number of hydrogen-bond donors (Lipinski definition) is 2. The van der Waals surface area contributed by atoms with Gasteiger partial charge >= 0.3 is 0 Å². The van der Waals surface area contributed by atoms with Crippen LogP contribution in [0, 0.1) is 6.92 Å². The van der Waals surface area contributed by atoms with Crippen molar-refractivity contribution in [1.82, 2.24) is 0 Å². The SMILES string of the molecule is CCC(=O)Nc1cccc(NS(=O)(=O)c2cc(OC)c(OC)cc2C)c1. The van der Waals surface area contributed by atoms with Crippen LogP contribution < -0.4 is 19.5 Å². The molecule has 8 heteroatoms. The summed E-state index contributed by atoms with van der Waals surface area (Å²) in [5.74, 6) is 0.622. The minimum Gasteiger partial charge on any atom is -0.493 e. The summed E-state index contributed by atoms with van der Waals surface area (Å²) in [7, 11) is -0.923. The van der Waals surface area contributed by atoms with Gasteiger partial charge in [-0.2, -0.15) is 0 Å². The maximum atomic E-state index is 12.8. The van der Waals surface area contributed by atoms with Gasteiger partial charge in [0.05, 0.1) is 24.8 Å². The Bertz CT molecular complexity index is 910. The highest BCUT2D eigenvalue weighted by Crippen LogP contribution is 2.33. The molecule has 0 radical (unpaired) electrons. The minimum atomic E-state index is -3.85. The standard InChI is InChI=1S/C18H22N2O5S/c1-5-18(21)19-13-7-6-8-14(10-13)20-26(22,23)17-11-16(25-4)15(24-3)9-12(17)2/h6-11,20H,5H2,1-4H3,(H,19,21). The van der Waals surface area contributed by atoms with Gasteiger partial charge in [-0.15, -0.1) is 0 Å². The Morgan fingerprint density at radius 2 is 1.65 bits per heavy atom. The first-order valence-corrected chi connectivity index (χ1v) is 9.44. The molecule has 0 fully saturated rings. The maximum Gasteiger partial charge on any atom is 0.262 e. The van der Waals surface area contributed by atoms with Crippen molar-refractivity contribution in [2.45, 2.75) is 25.2 Å². The molecule has 140 valence electrons. The molecule has 2 aromatic rings. The average Bonchev–Trinajstić information content (AvgIpc) is 2.60. The Hall–Kier alpha value is -2.74. The van der Waals surface area contributed by atoms with Gasteiger partial charge in [0, 0.05) is 18.2 Å². The van der Waals surface area contributed by atoms with Crippen molar-refractivity contribution in [3.63, 3.8) is 0 Å². The molecular formula is C18H22N2O5S. The first-order valence-electron chi connectivity index (χ1n) is 7.96. The van der Waals surface area contributed by atoms with E-state index in [0.29, 0.717) is 34.9 Å². The fourth-order valence-corrected chi connectivity index (χ4v) is 3.66. The van der Waals surface area contributed by atoms with E-state index in [4.69, 9.17) is 9.47 Å². The molecule has 0 saturated carbocycles. The number of sulfonamides is 1. The van der Waals surface area contributed by atoms with Crippen LogP contribution in [0.15, 0.2) is 41.3 Å². The molecule has 0 aliphatic heterocycles. The van der Waals surface area contributed by atoms with Crippen LogP contribution in [0.5, 0.6) is 11.5 Å². The zero-order valence-electron chi connectivity index (χ0n) is 15.1. The number of aryl methyl sites for hydroxylation is 1. The molecule has 0 spiro atoms. The van der Waals surface area contributed by atoms with Crippen LogP contribution in [0.2, 0.25) is 0 Å². The molecule has 2 N–H and O–H groups in total. The second-order valence-electron chi connectivity index (χ2n) is 5.56. The quantitative estimate of drug-likeness (QED) is 0.772. The van der Waals surface area contributed by atoms with Crippen molar-refractivity contribution in [3.05, 3.63) is 42.0 Å². The van der Waals surface area contributed by atoms with E-state index in [9.17, 15) is 13.2 Å². The first-order chi connectivity index (χ1) is 12.3. The van der Waals surface area contributed by atoms with Gasteiger partial charge in [-0.3, -0.25) is 9.52 Å². The smallest absolute Gasteiger partial charge is 0.262 e. The van der Waals surface area contributed by atoms with Gasteiger partial charge in [-0.25, -0.2) is 8.42 Å². The predicted octanol–water partition coefficient (Wildman–Crippen LogP) is 3.16. The topological polar surface area (TPSA) is 93.7 Å². The third kappa shape index (κ3) is 4.45. The highest BCUT2D eigenvalue weighted by Gasteiger charge is 2.20. The molecule has 2 rings (SSSR count). The Morgan fingerprint density at radius 1 is 1.04 bits per heavy atom. The van der Waals surface area contributed by atoms with Crippen LogP contribution in [0.25, 0.3) is 0 Å². The largest absolute Gasteiger partial charge is 0.493 e. The summed E-state index contributed by atoms with van der Waals surface area (Å²) in [6.45, 7) is 3.41. The van der Waals surface area contributed by atoms with Gasteiger partial charge in [-0.05, 0) is 36.8 Å². The third-order valence-corrected chi connectivity index (χ3v) is 5.21. The number of anilines is 2. The number of amides is 1. The number of carbonyl (C=O) groups is 1. The summed E-state index contributed by atoms with van der Waals surface area (Å²) < 4.78 is 38.5. The highest BCUT2D eigenvalue weighted by atomic mass is 32.2. The van der Waals surface area contributed by atoms with E-state index in [2.05, 4.69) is 10.0 Å². The fraction of sp³-hybridized carbons (Fsp3) is 0.278. The van der Waals surface area contributed by atoms with E-state index in [0.717, 1.165) is 0 Å². The molecule has 0 saturated heterocycles. The van der Waals surface area contributed by atoms with E-state index < -0.39 is 10.0 Å². The Morgan fingerprint density at radius 3 is 2.27 bits per heavy atom. The molecule has 0 bridgehead atoms. The van der Waals surface area contributed by atoms with Crippen LogP contribution in [0.4, 0.5) is 11.4 Å². The molecule has 0 unspecified atom stereocenters. The predicted molar refractivity (Wildman–Crippen MR) is 100 cm³/mol. The zero-order valence-corrected chi connectivity index (χ0v) is 15.9. The van der Waals surface area contributed by atoms with E-state index in [1.807, 2.05) is 0 Å². The van der Waals surface area contributed by atoms with Crippen LogP contribution in [0.1, 0.15) is 18.9 Å². The van der Waals surface area contributed by atoms with Crippen molar-refractivity contribution < 1.29 is 22.7 Å². The number of nitrogens with one attached hydrogen (secondary N) is 2. The maximum absolute atomic E-state index is 12.8. The summed E-state index contributed by atoms with van der Waals surface area (Å²) in [4.78, 5) is 11.6. The van der Waals surface area contributed by atoms with Crippen molar-refractivity contribution >= 4 is 27.3 Å². The summed E-state index contributed by atoms with van der Waals surface area (Å²) in [6.07, 6.45) is 0.334. The lowest BCUT2D eigenvalue weighted by Crippen LogP contribution is -2.15. The Kier molecular flexibility index (Phi) is 6.10. The van der Waals surface area contributed by atoms with E-state index in [1.54, 1.807) is 44.2 Å². The Balaban J connectivity index is 2.35. The van der Waals surface area contributed by atoms with Crippen molar-refractivity contribution in [2.75, 3.05) is 24.3 Å². The lowest BCUT2D eigenvalue weighted by molar-refractivity contribution is -0.115. The number of ether oxygens (including phenoxy) is 2. The molecule has 0 heterocycles. The number of hydrogen-bond acceptors (Lipinski definition) is 5. The van der Waals surface area contributed by atoms with E-state index in [1.165, 1.54) is 20.3 Å². The summed E-state index contributed by atoms with van der Waals surface area (Å²) in [5.41, 5.74) is 1.37. The van der Waals surface area contributed by atoms with Gasteiger partial charge in [0.2, 0.25) is 5.91 Å². The van der Waals surface area contributed by atoms with Crippen molar-refractivity contribution in [3.8, 4) is 11.5 Å². The number of benzene rings is 2. The third-order valence-electron chi connectivity index (χ3n) is 3.69. The van der Waals surface area contributed by atoms with Crippen LogP contribution >= 0.6 is 0 Å². The fourth-order valence-electron chi connectivity index (χ4n) is 2.37. The first kappa shape index (κ1) is 19.6. The lowest BCUT2D eigenvalue weighted by Gasteiger charge is -2.15. The van der Waals surface area contributed by atoms with E-state index in [-0.39, 0.29) is 10.8 Å². The molecule has 7 nitrogen and oxygen atoms in total. The van der Waals surface area contributed by atoms with Gasteiger partial charge in [0.25, 0.3) is 10.0 Å². The monoisotopic (exact) mass is 378 g/mol. The van der Waals surface area contributed by atoms with Gasteiger partial charge < -0.3 is 14.8 Å². The summed E-state index contributed by atoms with van der Waals surface area (Å²) in [5, 5.41) is 2.69. The van der Waals surface area contributed by atoms with Gasteiger partial charge in [-0.1, -0.05) is 13.0 Å². The van der Waals surface area contributed by atoms with Crippen molar-refractivity contribution in [1.29, 1.82) is 0 Å². The normalized spacial score (nSPS) is 10.9. The van der Waals surface area contributed by atoms with Crippen LogP contribution in [-0.4, -0.2) is 28.5 Å². The summed E-state index contributed by atoms with van der Waals surface area (Å²) in [6, 6.07) is 9.53. The minimum absolute atomic E-state index is 0.0816. The number of carbonyl (C=O) groups excluding carboxylic acids is 1. The molecular weight excluding hydrogens is 356 g/mol. The van der Waals surface area contributed by atoms with E-state index >= 15 is 0 Å². The van der Waals surface area contributed by atoms with Crippen LogP contribution in [0.3, 0.4) is 0 Å². The van der Waals surface area contributed by atoms with Crippen molar-refractivity contribution in [2.24, 2.45) is 0 Å². The molecule has 0 aliphatic carbocycles.